The fourth-order valence-corrected chi connectivity index (χ4v) is 7.08. The monoisotopic (exact) mass is 640 g/mol. The molecule has 0 aliphatic heterocycles. The van der Waals surface area contributed by atoms with Gasteiger partial charge in [-0.25, -0.2) is 9.97 Å². The van der Waals surface area contributed by atoms with Gasteiger partial charge in [-0.05, 0) is 35.4 Å². The van der Waals surface area contributed by atoms with E-state index in [9.17, 15) is 0 Å². The zero-order valence-electron chi connectivity index (χ0n) is 26.9. The third kappa shape index (κ3) is 4.69. The first-order chi connectivity index (χ1) is 24.8. The van der Waals surface area contributed by atoms with Crippen LogP contribution in [0, 0.1) is 0 Å². The first-order valence-electron chi connectivity index (χ1n) is 16.7. The van der Waals surface area contributed by atoms with Crippen LogP contribution in [0.3, 0.4) is 0 Å². The molecule has 4 heteroatoms. The minimum absolute atomic E-state index is 0.672. The van der Waals surface area contributed by atoms with Crippen LogP contribution in [0.5, 0.6) is 0 Å². The second kappa shape index (κ2) is 11.4. The number of fused-ring (bicyclic) bond motifs is 6. The van der Waals surface area contributed by atoms with E-state index in [1.165, 1.54) is 0 Å². The zero-order valence-corrected chi connectivity index (χ0v) is 26.9. The summed E-state index contributed by atoms with van der Waals surface area (Å²) in [5, 5.41) is 4.18. The molecule has 0 radical (unpaired) electrons. The van der Waals surface area contributed by atoms with Gasteiger partial charge in [-0.2, -0.15) is 0 Å². The Labute approximate surface area is 287 Å². The Hall–Kier alpha value is -6.78. The molecule has 4 nitrogen and oxygen atoms in total. The van der Waals surface area contributed by atoms with Crippen molar-refractivity contribution in [2.24, 2.45) is 0 Å². The van der Waals surface area contributed by atoms with E-state index < -0.39 is 0 Å². The normalized spacial score (nSPS) is 11.6. The lowest BCUT2D eigenvalue weighted by atomic mass is 9.99. The third-order valence-corrected chi connectivity index (χ3v) is 9.50. The highest BCUT2D eigenvalue weighted by molar-refractivity contribution is 6.17. The molecule has 0 spiro atoms. The van der Waals surface area contributed by atoms with Gasteiger partial charge in [0.2, 0.25) is 0 Å². The molecule has 0 N–H and O–H groups in total. The number of nitrogens with zero attached hydrogens (tertiary/aromatic N) is 2. The zero-order chi connectivity index (χ0) is 33.0. The molecule has 0 fully saturated rings. The van der Waals surface area contributed by atoms with Crippen molar-refractivity contribution in [3.8, 4) is 56.2 Å². The Morgan fingerprint density at radius 1 is 0.320 bits per heavy atom. The summed E-state index contributed by atoms with van der Waals surface area (Å²) in [5.74, 6) is 0.672. The van der Waals surface area contributed by atoms with Crippen molar-refractivity contribution < 1.29 is 8.83 Å². The molecule has 0 saturated carbocycles. The van der Waals surface area contributed by atoms with Gasteiger partial charge in [0.15, 0.2) is 5.82 Å². The number of para-hydroxylation sites is 2. The lowest BCUT2D eigenvalue weighted by molar-refractivity contribution is 0.665. The van der Waals surface area contributed by atoms with Crippen LogP contribution in [-0.2, 0) is 0 Å². The van der Waals surface area contributed by atoms with Crippen molar-refractivity contribution in [2.75, 3.05) is 0 Å². The van der Waals surface area contributed by atoms with Crippen molar-refractivity contribution in [1.82, 2.24) is 9.97 Å². The molecular weight excluding hydrogens is 613 g/mol. The Morgan fingerprint density at radius 3 is 1.30 bits per heavy atom. The van der Waals surface area contributed by atoms with Gasteiger partial charge in [0.05, 0.1) is 11.4 Å². The van der Waals surface area contributed by atoms with Crippen LogP contribution < -0.4 is 0 Å². The maximum atomic E-state index is 6.71. The van der Waals surface area contributed by atoms with Crippen LogP contribution in [0.25, 0.3) is 100 Å². The van der Waals surface area contributed by atoms with Gasteiger partial charge in [0, 0.05) is 49.4 Å². The topological polar surface area (TPSA) is 52.1 Å². The summed E-state index contributed by atoms with van der Waals surface area (Å²) in [6.07, 6.45) is 0. The molecule has 3 heterocycles. The molecule has 0 saturated heterocycles. The summed E-state index contributed by atoms with van der Waals surface area (Å²) in [5.41, 5.74) is 12.4. The van der Waals surface area contributed by atoms with Gasteiger partial charge in [-0.1, -0.05) is 146 Å². The molecule has 0 unspecified atom stereocenters. The van der Waals surface area contributed by atoms with Gasteiger partial charge in [-0.15, -0.1) is 0 Å². The Kier molecular flexibility index (Phi) is 6.46. The summed E-state index contributed by atoms with van der Waals surface area (Å²) in [7, 11) is 0. The largest absolute Gasteiger partial charge is 0.455 e. The molecule has 0 aliphatic carbocycles. The Morgan fingerprint density at radius 2 is 0.760 bits per heavy atom. The van der Waals surface area contributed by atoms with Crippen molar-refractivity contribution >= 4 is 43.9 Å². The van der Waals surface area contributed by atoms with Gasteiger partial charge < -0.3 is 8.83 Å². The van der Waals surface area contributed by atoms with Gasteiger partial charge in [0.1, 0.15) is 22.3 Å². The van der Waals surface area contributed by atoms with Crippen LogP contribution in [-0.4, -0.2) is 9.97 Å². The Balaban J connectivity index is 1.11. The minimum atomic E-state index is 0.672. The average Bonchev–Trinajstić information content (AvgIpc) is 3.75. The first-order valence-corrected chi connectivity index (χ1v) is 16.7. The summed E-state index contributed by atoms with van der Waals surface area (Å²) >= 11 is 0. The van der Waals surface area contributed by atoms with E-state index in [0.717, 1.165) is 94.2 Å². The van der Waals surface area contributed by atoms with Crippen LogP contribution >= 0.6 is 0 Å². The molecule has 234 valence electrons. The van der Waals surface area contributed by atoms with E-state index in [-0.39, 0.29) is 0 Å². The second-order valence-corrected chi connectivity index (χ2v) is 12.6. The number of hydrogen-bond donors (Lipinski definition) is 0. The van der Waals surface area contributed by atoms with Crippen LogP contribution in [0.4, 0.5) is 0 Å². The highest BCUT2D eigenvalue weighted by atomic mass is 16.3. The van der Waals surface area contributed by atoms with E-state index in [1.807, 2.05) is 42.5 Å². The molecule has 0 atom stereocenters. The maximum Gasteiger partial charge on any atom is 0.160 e. The predicted molar refractivity (Wildman–Crippen MR) is 204 cm³/mol. The molecule has 0 aliphatic rings. The number of rotatable bonds is 5. The lowest BCUT2D eigenvalue weighted by Gasteiger charge is -2.10. The molecule has 7 aromatic carbocycles. The fourth-order valence-electron chi connectivity index (χ4n) is 7.08. The van der Waals surface area contributed by atoms with E-state index in [4.69, 9.17) is 18.8 Å². The standard InChI is InChI=1S/C46H28N2O2/c1-4-13-29(14-5-1)34-21-11-23-36-38-26-43-39(27-42(38)49-44(34)36)37-24-12-22-35(45(37)50-43)32-19-10-20-33(25-32)46-47-40(30-15-6-2-7-16-30)28-41(48-46)31-17-8-3-9-18-31/h1-28H. The van der Waals surface area contributed by atoms with E-state index in [2.05, 4.69) is 127 Å². The number of hydrogen-bond acceptors (Lipinski definition) is 4. The number of furan rings is 2. The summed E-state index contributed by atoms with van der Waals surface area (Å²) in [6.45, 7) is 0. The SMILES string of the molecule is c1ccc(-c2cc(-c3ccccc3)nc(-c3cccc(-c4cccc5c4oc4cc6c(cc45)oc4c(-c5ccccc5)cccc46)c3)n2)cc1. The van der Waals surface area contributed by atoms with Crippen molar-refractivity contribution in [3.05, 3.63) is 170 Å². The number of benzene rings is 7. The molecule has 10 rings (SSSR count). The number of aromatic nitrogens is 2. The smallest absolute Gasteiger partial charge is 0.160 e. The molecule has 0 amide bonds. The van der Waals surface area contributed by atoms with E-state index in [1.54, 1.807) is 0 Å². The fraction of sp³-hybridized carbons (Fsp3) is 0. The van der Waals surface area contributed by atoms with Crippen molar-refractivity contribution in [1.29, 1.82) is 0 Å². The molecular formula is C46H28N2O2. The summed E-state index contributed by atoms with van der Waals surface area (Å²) in [4.78, 5) is 10.1. The third-order valence-electron chi connectivity index (χ3n) is 9.50. The van der Waals surface area contributed by atoms with Crippen molar-refractivity contribution in [2.45, 2.75) is 0 Å². The molecule has 50 heavy (non-hydrogen) atoms. The van der Waals surface area contributed by atoms with Gasteiger partial charge in [0.25, 0.3) is 0 Å². The molecule has 0 bridgehead atoms. The van der Waals surface area contributed by atoms with Crippen LogP contribution in [0.15, 0.2) is 179 Å². The Bertz CT molecular complexity index is 2800. The maximum absolute atomic E-state index is 6.71. The minimum Gasteiger partial charge on any atom is -0.455 e. The molecule has 10 aromatic rings. The van der Waals surface area contributed by atoms with Gasteiger partial charge >= 0.3 is 0 Å². The summed E-state index contributed by atoms with van der Waals surface area (Å²) in [6, 6.07) is 58.3. The van der Waals surface area contributed by atoms with E-state index >= 15 is 0 Å². The predicted octanol–water partition coefficient (Wildman–Crippen LogP) is 12.6. The summed E-state index contributed by atoms with van der Waals surface area (Å²) < 4.78 is 13.3. The average molecular weight is 641 g/mol. The quantitative estimate of drug-likeness (QED) is 0.188. The lowest BCUT2D eigenvalue weighted by Crippen LogP contribution is -1.96. The van der Waals surface area contributed by atoms with Gasteiger partial charge in [-0.3, -0.25) is 0 Å². The van der Waals surface area contributed by atoms with Crippen LogP contribution in [0.2, 0.25) is 0 Å². The van der Waals surface area contributed by atoms with Crippen molar-refractivity contribution in [3.63, 3.8) is 0 Å². The molecule has 3 aromatic heterocycles. The van der Waals surface area contributed by atoms with Crippen LogP contribution in [0.1, 0.15) is 0 Å². The highest BCUT2D eigenvalue weighted by Crippen LogP contribution is 2.42. The second-order valence-electron chi connectivity index (χ2n) is 12.6. The van der Waals surface area contributed by atoms with E-state index in [0.29, 0.717) is 5.82 Å². The first kappa shape index (κ1) is 28.3. The highest BCUT2D eigenvalue weighted by Gasteiger charge is 2.18.